The minimum Gasteiger partial charge on any atom is -0.497 e. The molecule has 6 heteroatoms. The highest BCUT2D eigenvalue weighted by atomic mass is 16.5. The Morgan fingerprint density at radius 2 is 2.28 bits per heavy atom. The maximum absolute atomic E-state index is 13.2. The lowest BCUT2D eigenvalue weighted by atomic mass is 10.0. The summed E-state index contributed by atoms with van der Waals surface area (Å²) in [6, 6.07) is 5.84. The zero-order valence-electron chi connectivity index (χ0n) is 14.4. The molecule has 1 atom stereocenters. The van der Waals surface area contributed by atoms with Crippen molar-refractivity contribution >= 4 is 16.9 Å². The molecule has 0 saturated carbocycles. The van der Waals surface area contributed by atoms with Crippen LogP contribution < -0.4 is 4.74 Å². The lowest BCUT2D eigenvalue weighted by Crippen LogP contribution is -2.40. The molecular weight excluding hydrogens is 318 g/mol. The summed E-state index contributed by atoms with van der Waals surface area (Å²) in [7, 11) is 1.62. The third-order valence-corrected chi connectivity index (χ3v) is 4.92. The predicted molar refractivity (Wildman–Crippen MR) is 93.9 cm³/mol. The molecule has 0 N–H and O–H groups in total. The smallest absolute Gasteiger partial charge is 0.258 e. The number of hydrogen-bond donors (Lipinski definition) is 0. The van der Waals surface area contributed by atoms with Crippen molar-refractivity contribution in [2.75, 3.05) is 20.2 Å². The summed E-state index contributed by atoms with van der Waals surface area (Å²) >= 11 is 0. The highest BCUT2D eigenvalue weighted by Gasteiger charge is 2.28. The number of imidazole rings is 1. The largest absolute Gasteiger partial charge is 0.497 e. The van der Waals surface area contributed by atoms with Crippen molar-refractivity contribution in [3.8, 4) is 5.75 Å². The fourth-order valence-corrected chi connectivity index (χ4v) is 3.62. The summed E-state index contributed by atoms with van der Waals surface area (Å²) in [4.78, 5) is 19.3. The quantitative estimate of drug-likeness (QED) is 0.733. The molecular formula is C19H21N3O3. The molecule has 1 fully saturated rings. The van der Waals surface area contributed by atoms with Gasteiger partial charge in [0, 0.05) is 30.9 Å². The lowest BCUT2D eigenvalue weighted by Gasteiger charge is -2.33. The van der Waals surface area contributed by atoms with E-state index in [1.54, 1.807) is 13.3 Å². The number of methoxy groups -OCH3 is 1. The number of likely N-dealkylation sites (tertiary alicyclic amines) is 1. The second-order valence-electron chi connectivity index (χ2n) is 6.45. The molecule has 0 bridgehead atoms. The van der Waals surface area contributed by atoms with Crippen molar-refractivity contribution in [3.63, 3.8) is 0 Å². The van der Waals surface area contributed by atoms with Crippen LogP contribution in [0.15, 0.2) is 41.3 Å². The average Bonchev–Trinajstić information content (AvgIpc) is 3.28. The average molecular weight is 339 g/mol. The molecule has 1 aromatic carbocycles. The second kappa shape index (κ2) is 6.27. The third kappa shape index (κ3) is 2.77. The first-order chi connectivity index (χ1) is 12.2. The maximum Gasteiger partial charge on any atom is 0.258 e. The van der Waals surface area contributed by atoms with Crippen LogP contribution >= 0.6 is 0 Å². The summed E-state index contributed by atoms with van der Waals surface area (Å²) in [6.45, 7) is 3.29. The predicted octanol–water partition coefficient (Wildman–Crippen LogP) is 3.42. The Morgan fingerprint density at radius 1 is 1.40 bits per heavy atom. The van der Waals surface area contributed by atoms with E-state index in [1.165, 1.54) is 0 Å². The van der Waals surface area contributed by atoms with Gasteiger partial charge in [0.05, 0.1) is 25.0 Å². The van der Waals surface area contributed by atoms with Gasteiger partial charge in [-0.3, -0.25) is 4.79 Å². The zero-order valence-corrected chi connectivity index (χ0v) is 14.4. The fourth-order valence-electron chi connectivity index (χ4n) is 3.62. The first-order valence-electron chi connectivity index (χ1n) is 8.51. The number of carbonyl (C=O) groups excluding carboxylic acids is 1. The van der Waals surface area contributed by atoms with Crippen LogP contribution in [0, 0.1) is 6.92 Å². The van der Waals surface area contributed by atoms with E-state index in [-0.39, 0.29) is 11.9 Å². The molecule has 3 heterocycles. The molecule has 6 nitrogen and oxygen atoms in total. The first kappa shape index (κ1) is 15.7. The van der Waals surface area contributed by atoms with Gasteiger partial charge >= 0.3 is 0 Å². The van der Waals surface area contributed by atoms with Gasteiger partial charge in [-0.2, -0.15) is 0 Å². The number of carbonyl (C=O) groups is 1. The number of nitrogens with zero attached hydrogens (tertiary/aromatic N) is 3. The Kier molecular flexibility index (Phi) is 3.95. The van der Waals surface area contributed by atoms with E-state index in [2.05, 4.69) is 9.55 Å². The Bertz CT molecular complexity index is 898. The number of benzene rings is 1. The number of hydrogen-bond acceptors (Lipinski definition) is 4. The van der Waals surface area contributed by atoms with Crippen LogP contribution in [0.3, 0.4) is 0 Å². The summed E-state index contributed by atoms with van der Waals surface area (Å²) in [5.41, 5.74) is 1.35. The number of aryl methyl sites for hydroxylation is 1. The number of piperidine rings is 1. The van der Waals surface area contributed by atoms with E-state index >= 15 is 0 Å². The van der Waals surface area contributed by atoms with Gasteiger partial charge in [0.1, 0.15) is 17.1 Å². The molecule has 1 saturated heterocycles. The molecule has 3 aromatic rings. The van der Waals surface area contributed by atoms with E-state index in [9.17, 15) is 4.79 Å². The van der Waals surface area contributed by atoms with Gasteiger partial charge in [0.15, 0.2) is 0 Å². The van der Waals surface area contributed by atoms with Crippen molar-refractivity contribution < 1.29 is 13.9 Å². The monoisotopic (exact) mass is 339 g/mol. The van der Waals surface area contributed by atoms with Crippen LogP contribution in [-0.2, 0) is 0 Å². The van der Waals surface area contributed by atoms with Gasteiger partial charge in [-0.1, -0.05) is 0 Å². The number of furan rings is 1. The molecule has 1 amide bonds. The van der Waals surface area contributed by atoms with Crippen molar-refractivity contribution in [1.29, 1.82) is 0 Å². The van der Waals surface area contributed by atoms with Crippen LogP contribution in [0.5, 0.6) is 5.75 Å². The highest BCUT2D eigenvalue weighted by Crippen LogP contribution is 2.31. The third-order valence-electron chi connectivity index (χ3n) is 4.92. The van der Waals surface area contributed by atoms with Gasteiger partial charge in [-0.05, 0) is 38.0 Å². The summed E-state index contributed by atoms with van der Waals surface area (Å²) in [6.07, 6.45) is 7.59. The number of ether oxygens (including phenoxy) is 1. The second-order valence-corrected chi connectivity index (χ2v) is 6.45. The molecule has 1 aliphatic heterocycles. The summed E-state index contributed by atoms with van der Waals surface area (Å²) in [5.74, 6) is 1.39. The van der Waals surface area contributed by atoms with E-state index in [0.717, 1.165) is 30.5 Å². The topological polar surface area (TPSA) is 60.5 Å². The van der Waals surface area contributed by atoms with Crippen LogP contribution in [0.2, 0.25) is 0 Å². The molecule has 0 aliphatic carbocycles. The molecule has 25 heavy (non-hydrogen) atoms. The van der Waals surface area contributed by atoms with Crippen LogP contribution in [-0.4, -0.2) is 40.6 Å². The Labute approximate surface area is 146 Å². The van der Waals surface area contributed by atoms with Gasteiger partial charge in [-0.15, -0.1) is 0 Å². The molecule has 130 valence electrons. The lowest BCUT2D eigenvalue weighted by molar-refractivity contribution is 0.0679. The van der Waals surface area contributed by atoms with E-state index in [4.69, 9.17) is 9.15 Å². The van der Waals surface area contributed by atoms with Gasteiger partial charge in [0.25, 0.3) is 5.91 Å². The molecule has 2 aromatic heterocycles. The van der Waals surface area contributed by atoms with Crippen LogP contribution in [0.4, 0.5) is 0 Å². The van der Waals surface area contributed by atoms with Crippen molar-refractivity contribution in [2.24, 2.45) is 0 Å². The molecule has 0 radical (unpaired) electrons. The van der Waals surface area contributed by atoms with Gasteiger partial charge in [0.2, 0.25) is 0 Å². The first-order valence-corrected chi connectivity index (χ1v) is 8.51. The minimum absolute atomic E-state index is 0.0225. The van der Waals surface area contributed by atoms with Crippen LogP contribution in [0.1, 0.15) is 35.0 Å². The number of amides is 1. The standard InChI is InChI=1S/C19H21N3O3/c1-13-18(16-10-15(24-2)5-6-17(16)25-13)19(23)21-8-3-4-14(11-21)22-9-7-20-12-22/h5-7,9-10,12,14H,3-4,8,11H2,1-2H3/t14-/m0/s1. The Balaban J connectivity index is 1.66. The molecule has 0 unspecified atom stereocenters. The number of rotatable bonds is 3. The maximum atomic E-state index is 13.2. The highest BCUT2D eigenvalue weighted by molar-refractivity contribution is 6.07. The van der Waals surface area contributed by atoms with Crippen molar-refractivity contribution in [1.82, 2.24) is 14.5 Å². The number of fused-ring (bicyclic) bond motifs is 1. The zero-order chi connectivity index (χ0) is 17.4. The minimum atomic E-state index is 0.0225. The van der Waals surface area contributed by atoms with Crippen LogP contribution in [0.25, 0.3) is 11.0 Å². The Hall–Kier alpha value is -2.76. The summed E-state index contributed by atoms with van der Waals surface area (Å²) in [5, 5.41) is 0.812. The fraction of sp³-hybridized carbons (Fsp3) is 0.368. The van der Waals surface area contributed by atoms with E-state index in [0.29, 0.717) is 23.5 Å². The normalized spacial score (nSPS) is 17.8. The van der Waals surface area contributed by atoms with Gasteiger partial charge < -0.3 is 18.6 Å². The van der Waals surface area contributed by atoms with E-state index < -0.39 is 0 Å². The van der Waals surface area contributed by atoms with E-state index in [1.807, 2.05) is 42.5 Å². The molecule has 1 aliphatic rings. The van der Waals surface area contributed by atoms with Gasteiger partial charge in [-0.25, -0.2) is 4.98 Å². The van der Waals surface area contributed by atoms with Crippen molar-refractivity contribution in [2.45, 2.75) is 25.8 Å². The SMILES string of the molecule is COc1ccc2oc(C)c(C(=O)N3CCC[C@H](n4ccnc4)C3)c2c1. The molecule has 4 rings (SSSR count). The summed E-state index contributed by atoms with van der Waals surface area (Å²) < 4.78 is 13.2. The number of aromatic nitrogens is 2. The van der Waals surface area contributed by atoms with Crippen molar-refractivity contribution in [3.05, 3.63) is 48.2 Å². The molecule has 0 spiro atoms. The Morgan fingerprint density at radius 3 is 3.04 bits per heavy atom.